The number of amides is 4. The average Bonchev–Trinajstić information content (AvgIpc) is 2.68. The van der Waals surface area contributed by atoms with Crippen LogP contribution in [-0.2, 0) is 14.3 Å². The van der Waals surface area contributed by atoms with E-state index in [1.54, 1.807) is 12.0 Å². The molecule has 1 unspecified atom stereocenters. The van der Waals surface area contributed by atoms with E-state index in [9.17, 15) is 14.4 Å². The van der Waals surface area contributed by atoms with Gasteiger partial charge in [-0.05, 0) is 12.8 Å². The van der Waals surface area contributed by atoms with Crippen molar-refractivity contribution in [3.05, 3.63) is 0 Å². The van der Waals surface area contributed by atoms with Crippen LogP contribution in [0.25, 0.3) is 0 Å². The number of carbonyl (C=O) groups is 3. The van der Waals surface area contributed by atoms with E-state index >= 15 is 0 Å². The third-order valence-corrected chi connectivity index (χ3v) is 3.62. The molecule has 1 atom stereocenters. The summed E-state index contributed by atoms with van der Waals surface area (Å²) in [7, 11) is 1.60. The highest BCUT2D eigenvalue weighted by atomic mass is 16.5. The summed E-state index contributed by atoms with van der Waals surface area (Å²) >= 11 is 0. The van der Waals surface area contributed by atoms with E-state index in [0.717, 1.165) is 0 Å². The number of carbonyl (C=O) groups excluding carboxylic acids is 3. The van der Waals surface area contributed by atoms with Crippen molar-refractivity contribution in [1.29, 1.82) is 0 Å². The Kier molecular flexibility index (Phi) is 4.56. The molecule has 0 aromatic heterocycles. The zero-order chi connectivity index (χ0) is 14.6. The Bertz CT molecular complexity index is 414. The first-order chi connectivity index (χ1) is 9.57. The molecule has 2 fully saturated rings. The lowest BCUT2D eigenvalue weighted by Crippen LogP contribution is -2.60. The van der Waals surface area contributed by atoms with Crippen LogP contribution in [0.1, 0.15) is 12.8 Å². The molecule has 3 N–H and O–H groups in total. The molecule has 8 heteroatoms. The molecule has 8 nitrogen and oxygen atoms in total. The fraction of sp³-hybridized carbons (Fsp3) is 0.750. The van der Waals surface area contributed by atoms with Crippen LogP contribution in [-0.4, -0.2) is 68.2 Å². The van der Waals surface area contributed by atoms with E-state index < -0.39 is 11.6 Å². The van der Waals surface area contributed by atoms with Gasteiger partial charge < -0.3 is 20.3 Å². The normalized spacial score (nSPS) is 25.8. The molecule has 0 aromatic carbocycles. The summed E-state index contributed by atoms with van der Waals surface area (Å²) in [6, 6.07) is -0.484. The minimum absolute atomic E-state index is 0.0749. The van der Waals surface area contributed by atoms with Crippen LogP contribution in [0.3, 0.4) is 0 Å². The number of likely N-dealkylation sites (tertiary alicyclic amines) is 1. The number of hydrogen-bond donors (Lipinski definition) is 3. The first kappa shape index (κ1) is 14.7. The third kappa shape index (κ3) is 3.07. The first-order valence-electron chi connectivity index (χ1n) is 6.68. The maximum atomic E-state index is 12.1. The number of methoxy groups -OCH3 is 1. The molecule has 0 radical (unpaired) electrons. The monoisotopic (exact) mass is 284 g/mol. The van der Waals surface area contributed by atoms with E-state index in [4.69, 9.17) is 4.74 Å². The number of imide groups is 1. The Labute approximate surface area is 117 Å². The Balaban J connectivity index is 1.88. The van der Waals surface area contributed by atoms with E-state index in [-0.39, 0.29) is 24.9 Å². The second kappa shape index (κ2) is 6.19. The van der Waals surface area contributed by atoms with Gasteiger partial charge in [-0.2, -0.15) is 0 Å². The van der Waals surface area contributed by atoms with Crippen molar-refractivity contribution in [1.82, 2.24) is 20.9 Å². The summed E-state index contributed by atoms with van der Waals surface area (Å²) in [6.45, 7) is 2.17. The molecule has 0 bridgehead atoms. The molecule has 0 aliphatic carbocycles. The van der Waals surface area contributed by atoms with Crippen molar-refractivity contribution in [2.75, 3.05) is 39.9 Å². The zero-order valence-electron chi connectivity index (χ0n) is 11.5. The van der Waals surface area contributed by atoms with Gasteiger partial charge in [0, 0.05) is 20.2 Å². The molecule has 4 amide bonds. The van der Waals surface area contributed by atoms with E-state index in [0.29, 0.717) is 32.5 Å². The number of piperidine rings is 1. The van der Waals surface area contributed by atoms with Crippen LogP contribution >= 0.6 is 0 Å². The Morgan fingerprint density at radius 3 is 2.95 bits per heavy atom. The fourth-order valence-corrected chi connectivity index (χ4v) is 2.57. The van der Waals surface area contributed by atoms with Gasteiger partial charge >= 0.3 is 6.03 Å². The van der Waals surface area contributed by atoms with Crippen molar-refractivity contribution in [2.45, 2.75) is 18.4 Å². The minimum atomic E-state index is -0.947. The third-order valence-electron chi connectivity index (χ3n) is 3.62. The Morgan fingerprint density at radius 2 is 2.30 bits per heavy atom. The molecule has 2 rings (SSSR count). The second-order valence-corrected chi connectivity index (χ2v) is 5.08. The lowest BCUT2D eigenvalue weighted by atomic mass is 9.89. The van der Waals surface area contributed by atoms with Gasteiger partial charge in [-0.3, -0.25) is 14.9 Å². The highest BCUT2D eigenvalue weighted by molar-refractivity contribution is 6.07. The number of hydrogen-bond acceptors (Lipinski definition) is 5. The largest absolute Gasteiger partial charge is 0.383 e. The van der Waals surface area contributed by atoms with Gasteiger partial charge in [0.05, 0.1) is 19.7 Å². The summed E-state index contributed by atoms with van der Waals surface area (Å²) in [4.78, 5) is 36.8. The SMILES string of the molecule is COCCNCC(=O)N1CCCC2(C1)NC(=O)NC2=O. The van der Waals surface area contributed by atoms with Crippen LogP contribution < -0.4 is 16.0 Å². The number of urea groups is 1. The lowest BCUT2D eigenvalue weighted by molar-refractivity contribution is -0.135. The Morgan fingerprint density at radius 1 is 1.50 bits per heavy atom. The zero-order valence-corrected chi connectivity index (χ0v) is 11.5. The molecule has 2 saturated heterocycles. The van der Waals surface area contributed by atoms with Crippen molar-refractivity contribution in [3.63, 3.8) is 0 Å². The molecular weight excluding hydrogens is 264 g/mol. The lowest BCUT2D eigenvalue weighted by Gasteiger charge is -2.38. The van der Waals surface area contributed by atoms with Gasteiger partial charge in [-0.1, -0.05) is 0 Å². The highest BCUT2D eigenvalue weighted by Gasteiger charge is 2.49. The summed E-state index contributed by atoms with van der Waals surface area (Å²) in [5.41, 5.74) is -0.947. The standard InChI is InChI=1S/C12H20N4O4/c1-20-6-4-13-7-9(17)16-5-2-3-12(8-16)10(18)14-11(19)15-12/h13H,2-8H2,1H3,(H2,14,15,18,19). The molecule has 0 saturated carbocycles. The molecule has 112 valence electrons. The average molecular weight is 284 g/mol. The van der Waals surface area contributed by atoms with Crippen molar-refractivity contribution >= 4 is 17.8 Å². The number of nitrogens with one attached hydrogen (secondary N) is 3. The van der Waals surface area contributed by atoms with Gasteiger partial charge in [-0.15, -0.1) is 0 Å². The van der Waals surface area contributed by atoms with Crippen LogP contribution in [0.15, 0.2) is 0 Å². The van der Waals surface area contributed by atoms with Crippen molar-refractivity contribution < 1.29 is 19.1 Å². The molecule has 20 heavy (non-hydrogen) atoms. The minimum Gasteiger partial charge on any atom is -0.383 e. The summed E-state index contributed by atoms with van der Waals surface area (Å²) < 4.78 is 4.88. The molecule has 1 spiro atoms. The van der Waals surface area contributed by atoms with Gasteiger partial charge in [0.25, 0.3) is 5.91 Å². The topological polar surface area (TPSA) is 99.8 Å². The first-order valence-corrected chi connectivity index (χ1v) is 6.68. The number of ether oxygens (including phenoxy) is 1. The summed E-state index contributed by atoms with van der Waals surface area (Å²) in [5, 5.41) is 7.86. The number of rotatable bonds is 5. The van der Waals surface area contributed by atoms with Gasteiger partial charge in [0.1, 0.15) is 5.54 Å². The van der Waals surface area contributed by atoms with Crippen molar-refractivity contribution in [3.8, 4) is 0 Å². The Hall–Kier alpha value is -1.67. The summed E-state index contributed by atoms with van der Waals surface area (Å²) in [5.74, 6) is -0.415. The van der Waals surface area contributed by atoms with Crippen LogP contribution in [0, 0.1) is 0 Å². The second-order valence-electron chi connectivity index (χ2n) is 5.08. The van der Waals surface area contributed by atoms with E-state index in [1.165, 1.54) is 0 Å². The fourth-order valence-electron chi connectivity index (χ4n) is 2.57. The van der Waals surface area contributed by atoms with Gasteiger partial charge in [0.15, 0.2) is 0 Å². The predicted octanol–water partition coefficient (Wildman–Crippen LogP) is -1.58. The smallest absolute Gasteiger partial charge is 0.322 e. The maximum Gasteiger partial charge on any atom is 0.322 e. The van der Waals surface area contributed by atoms with Crippen LogP contribution in [0.4, 0.5) is 4.79 Å². The molecule has 2 aliphatic rings. The van der Waals surface area contributed by atoms with Crippen LogP contribution in [0.2, 0.25) is 0 Å². The maximum absolute atomic E-state index is 12.1. The molecular formula is C12H20N4O4. The molecule has 0 aromatic rings. The predicted molar refractivity (Wildman–Crippen MR) is 70.0 cm³/mol. The van der Waals surface area contributed by atoms with E-state index in [1.807, 2.05) is 0 Å². The quantitative estimate of drug-likeness (QED) is 0.418. The van der Waals surface area contributed by atoms with Crippen LogP contribution in [0.5, 0.6) is 0 Å². The molecule has 2 aliphatic heterocycles. The van der Waals surface area contributed by atoms with Gasteiger partial charge in [0.2, 0.25) is 5.91 Å². The van der Waals surface area contributed by atoms with Crippen molar-refractivity contribution in [2.24, 2.45) is 0 Å². The van der Waals surface area contributed by atoms with Gasteiger partial charge in [-0.25, -0.2) is 4.79 Å². The van der Waals surface area contributed by atoms with E-state index in [2.05, 4.69) is 16.0 Å². The summed E-state index contributed by atoms with van der Waals surface area (Å²) in [6.07, 6.45) is 1.25. The molecule has 2 heterocycles. The highest BCUT2D eigenvalue weighted by Crippen LogP contribution is 2.24. The number of nitrogens with zero attached hydrogens (tertiary/aromatic N) is 1.